The Morgan fingerprint density at radius 1 is 1.39 bits per heavy atom. The summed E-state index contributed by atoms with van der Waals surface area (Å²) in [4.78, 5) is 9.62. The molecule has 0 atom stereocenters. The summed E-state index contributed by atoms with van der Waals surface area (Å²) in [5.41, 5.74) is 2.09. The van der Waals surface area contributed by atoms with Crippen LogP contribution in [0.2, 0.25) is 0 Å². The molecule has 23 heavy (non-hydrogen) atoms. The molecule has 2 N–H and O–H groups in total. The third-order valence-corrected chi connectivity index (χ3v) is 3.83. The molecule has 0 bridgehead atoms. The fourth-order valence-electron chi connectivity index (χ4n) is 2.55. The lowest BCUT2D eigenvalue weighted by Gasteiger charge is -2.21. The van der Waals surface area contributed by atoms with E-state index >= 15 is 0 Å². The second-order valence-corrected chi connectivity index (χ2v) is 5.50. The van der Waals surface area contributed by atoms with Crippen molar-refractivity contribution in [3.63, 3.8) is 0 Å². The summed E-state index contributed by atoms with van der Waals surface area (Å²) in [6.07, 6.45) is 5.10. The average molecular weight is 432 g/mol. The number of benzene rings is 1. The van der Waals surface area contributed by atoms with E-state index in [4.69, 9.17) is 0 Å². The Bertz CT molecular complexity index is 639. The maximum absolute atomic E-state index is 13.4. The molecule has 2 aromatic rings. The number of rotatable bonds is 6. The zero-order valence-electron chi connectivity index (χ0n) is 14.0. The quantitative estimate of drug-likeness (QED) is 0.415. The van der Waals surface area contributed by atoms with Crippen LogP contribution in [0.1, 0.15) is 25.3 Å². The molecule has 0 aliphatic rings. The van der Waals surface area contributed by atoms with Crippen LogP contribution in [0.15, 0.2) is 29.4 Å². The van der Waals surface area contributed by atoms with Crippen molar-refractivity contribution in [3.05, 3.63) is 35.8 Å². The van der Waals surface area contributed by atoms with Crippen LogP contribution in [-0.4, -0.2) is 43.0 Å². The molecule has 0 saturated carbocycles. The van der Waals surface area contributed by atoms with E-state index in [2.05, 4.69) is 27.1 Å². The van der Waals surface area contributed by atoms with E-state index in [1.165, 1.54) is 12.5 Å². The van der Waals surface area contributed by atoms with Gasteiger partial charge in [0.05, 0.1) is 0 Å². The third kappa shape index (κ3) is 5.37. The summed E-state index contributed by atoms with van der Waals surface area (Å²) in [5.74, 6) is 0.705. The number of aliphatic imine (C=N–C) groups is 1. The van der Waals surface area contributed by atoms with Gasteiger partial charge < -0.3 is 15.2 Å². The summed E-state index contributed by atoms with van der Waals surface area (Å²) in [7, 11) is 3.85. The fourth-order valence-corrected chi connectivity index (χ4v) is 2.55. The third-order valence-electron chi connectivity index (χ3n) is 3.83. The van der Waals surface area contributed by atoms with Crippen molar-refractivity contribution in [2.24, 2.45) is 4.99 Å². The number of halogens is 2. The van der Waals surface area contributed by atoms with Gasteiger partial charge in [0.25, 0.3) is 0 Å². The molecule has 4 nitrogen and oxygen atoms in total. The molecule has 0 unspecified atom stereocenters. The molecule has 0 aliphatic carbocycles. The van der Waals surface area contributed by atoms with Gasteiger partial charge in [0.15, 0.2) is 5.96 Å². The topological polar surface area (TPSA) is 43.4 Å². The summed E-state index contributed by atoms with van der Waals surface area (Å²) < 4.78 is 13.4. The molecule has 6 heteroatoms. The molecule has 0 radical (unpaired) electrons. The van der Waals surface area contributed by atoms with Crippen LogP contribution in [-0.2, 0) is 6.42 Å². The molecular formula is C17H26FIN4. The Morgan fingerprint density at radius 3 is 2.87 bits per heavy atom. The van der Waals surface area contributed by atoms with Gasteiger partial charge >= 0.3 is 0 Å². The first kappa shape index (κ1) is 19.7. The number of hydrogen-bond acceptors (Lipinski definition) is 1. The highest BCUT2D eigenvalue weighted by Crippen LogP contribution is 2.19. The first-order chi connectivity index (χ1) is 10.7. The Labute approximate surface area is 154 Å². The molecule has 0 saturated heterocycles. The monoisotopic (exact) mass is 432 g/mol. The minimum Gasteiger partial charge on any atom is -0.361 e. The van der Waals surface area contributed by atoms with Gasteiger partial charge in [-0.2, -0.15) is 0 Å². The first-order valence-electron chi connectivity index (χ1n) is 7.83. The van der Waals surface area contributed by atoms with Crippen molar-refractivity contribution < 1.29 is 4.39 Å². The van der Waals surface area contributed by atoms with E-state index < -0.39 is 0 Å². The molecule has 1 heterocycles. The highest BCUT2D eigenvalue weighted by atomic mass is 127. The molecular weight excluding hydrogens is 406 g/mol. The van der Waals surface area contributed by atoms with E-state index in [9.17, 15) is 4.39 Å². The Morgan fingerprint density at radius 2 is 2.17 bits per heavy atom. The summed E-state index contributed by atoms with van der Waals surface area (Å²) >= 11 is 0. The molecule has 0 amide bonds. The molecule has 0 aliphatic heterocycles. The maximum atomic E-state index is 13.4. The molecule has 0 spiro atoms. The van der Waals surface area contributed by atoms with Gasteiger partial charge in [-0.05, 0) is 36.6 Å². The molecule has 0 fully saturated rings. The van der Waals surface area contributed by atoms with E-state index in [1.54, 1.807) is 19.2 Å². The van der Waals surface area contributed by atoms with Crippen molar-refractivity contribution in [1.29, 1.82) is 0 Å². The minimum absolute atomic E-state index is 0. The van der Waals surface area contributed by atoms with E-state index in [0.29, 0.717) is 0 Å². The van der Waals surface area contributed by atoms with Crippen LogP contribution in [0, 0.1) is 5.82 Å². The Kier molecular flexibility index (Phi) is 8.36. The van der Waals surface area contributed by atoms with E-state index in [0.717, 1.165) is 48.4 Å². The van der Waals surface area contributed by atoms with Crippen molar-refractivity contribution in [3.8, 4) is 0 Å². The molecule has 2 rings (SSSR count). The van der Waals surface area contributed by atoms with Gasteiger partial charge in [0.1, 0.15) is 5.82 Å². The normalized spacial score (nSPS) is 11.4. The van der Waals surface area contributed by atoms with Crippen LogP contribution < -0.4 is 5.32 Å². The predicted molar refractivity (Wildman–Crippen MR) is 106 cm³/mol. The van der Waals surface area contributed by atoms with Gasteiger partial charge in [-0.15, -0.1) is 24.0 Å². The number of aromatic nitrogens is 1. The largest absolute Gasteiger partial charge is 0.361 e. The highest BCUT2D eigenvalue weighted by molar-refractivity contribution is 14.0. The number of hydrogen-bond donors (Lipinski definition) is 2. The van der Waals surface area contributed by atoms with E-state index in [1.807, 2.05) is 13.2 Å². The van der Waals surface area contributed by atoms with Crippen LogP contribution in [0.5, 0.6) is 0 Å². The number of fused-ring (bicyclic) bond motifs is 1. The van der Waals surface area contributed by atoms with Crippen molar-refractivity contribution in [2.45, 2.75) is 26.2 Å². The molecule has 1 aromatic heterocycles. The smallest absolute Gasteiger partial charge is 0.193 e. The second kappa shape index (κ2) is 9.75. The van der Waals surface area contributed by atoms with Crippen molar-refractivity contribution >= 4 is 40.8 Å². The zero-order chi connectivity index (χ0) is 15.9. The Balaban J connectivity index is 0.00000264. The van der Waals surface area contributed by atoms with Crippen LogP contribution >= 0.6 is 24.0 Å². The number of aromatic amines is 1. The lowest BCUT2D eigenvalue weighted by molar-refractivity contribution is 0.465. The fraction of sp³-hybridized carbons (Fsp3) is 0.471. The van der Waals surface area contributed by atoms with Gasteiger partial charge in [0.2, 0.25) is 0 Å². The summed E-state index contributed by atoms with van der Waals surface area (Å²) in [6, 6.07) is 4.84. The highest BCUT2D eigenvalue weighted by Gasteiger charge is 2.07. The standard InChI is InChI=1S/C17H25FN4.HI/c1-4-5-10-22(3)17(19-2)20-9-8-13-12-21-16-7-6-14(18)11-15(13)16;/h6-7,11-12,21H,4-5,8-10H2,1-3H3,(H,19,20);1H. The Hall–Kier alpha value is -1.31. The van der Waals surface area contributed by atoms with Gasteiger partial charge in [-0.1, -0.05) is 13.3 Å². The lowest BCUT2D eigenvalue weighted by atomic mass is 10.1. The molecule has 1 aromatic carbocycles. The SMILES string of the molecule is CCCCN(C)C(=NC)NCCc1c[nH]c2ccc(F)cc12.I. The maximum Gasteiger partial charge on any atom is 0.193 e. The zero-order valence-corrected chi connectivity index (χ0v) is 16.4. The summed E-state index contributed by atoms with van der Waals surface area (Å²) in [5, 5.41) is 4.32. The number of H-pyrrole nitrogens is 1. The van der Waals surface area contributed by atoms with Crippen LogP contribution in [0.4, 0.5) is 4.39 Å². The summed E-state index contributed by atoms with van der Waals surface area (Å²) in [6.45, 7) is 3.95. The molecule has 128 valence electrons. The van der Waals surface area contributed by atoms with Crippen LogP contribution in [0.25, 0.3) is 10.9 Å². The van der Waals surface area contributed by atoms with Crippen molar-refractivity contribution in [1.82, 2.24) is 15.2 Å². The van der Waals surface area contributed by atoms with Gasteiger partial charge in [0, 0.05) is 44.3 Å². The number of nitrogens with zero attached hydrogens (tertiary/aromatic N) is 2. The second-order valence-electron chi connectivity index (χ2n) is 5.50. The minimum atomic E-state index is -0.198. The predicted octanol–water partition coefficient (Wildman–Crippen LogP) is 3.77. The van der Waals surface area contributed by atoms with Gasteiger partial charge in [-0.3, -0.25) is 4.99 Å². The van der Waals surface area contributed by atoms with Crippen molar-refractivity contribution in [2.75, 3.05) is 27.2 Å². The van der Waals surface area contributed by atoms with Crippen LogP contribution in [0.3, 0.4) is 0 Å². The van der Waals surface area contributed by atoms with E-state index in [-0.39, 0.29) is 29.8 Å². The van der Waals surface area contributed by atoms with Gasteiger partial charge in [-0.25, -0.2) is 4.39 Å². The number of guanidine groups is 1. The average Bonchev–Trinajstić information content (AvgIpc) is 2.91. The first-order valence-corrected chi connectivity index (χ1v) is 7.83. The lowest BCUT2D eigenvalue weighted by Crippen LogP contribution is -2.40. The number of unbranched alkanes of at least 4 members (excludes halogenated alkanes) is 1. The number of nitrogens with one attached hydrogen (secondary N) is 2.